The molecule has 3 rings (SSSR count). The van der Waals surface area contributed by atoms with E-state index in [1.54, 1.807) is 24.3 Å². The number of phenolic OH excluding ortho intramolecular Hbond substituents is 1. The number of alkyl halides is 3. The van der Waals surface area contributed by atoms with Crippen molar-refractivity contribution in [2.24, 2.45) is 0 Å². The van der Waals surface area contributed by atoms with E-state index in [2.05, 4.69) is 0 Å². The molecule has 1 aliphatic heterocycles. The first-order valence-electron chi connectivity index (χ1n) is 8.62. The van der Waals surface area contributed by atoms with Crippen LogP contribution < -0.4 is 0 Å². The van der Waals surface area contributed by atoms with Gasteiger partial charge < -0.3 is 15.3 Å². The Hall–Kier alpha value is -2.65. The highest BCUT2D eigenvalue weighted by molar-refractivity contribution is 7.89. The second kappa shape index (κ2) is 9.01. The summed E-state index contributed by atoms with van der Waals surface area (Å²) in [5, 5.41) is 36.6. The summed E-state index contributed by atoms with van der Waals surface area (Å²) in [4.78, 5) is -0.560. The van der Waals surface area contributed by atoms with E-state index in [0.717, 1.165) is 10.4 Å². The molecule has 0 aliphatic carbocycles. The average molecular weight is 444 g/mol. The van der Waals surface area contributed by atoms with E-state index in [9.17, 15) is 26.7 Å². The van der Waals surface area contributed by atoms with Gasteiger partial charge in [0, 0.05) is 13.1 Å². The number of aliphatic hydroxyl groups is 2. The lowest BCUT2D eigenvalue weighted by Crippen LogP contribution is -2.39. The molecule has 1 heterocycles. The van der Waals surface area contributed by atoms with Crippen molar-refractivity contribution in [2.45, 2.75) is 23.1 Å². The van der Waals surface area contributed by atoms with Crippen LogP contribution in [0.3, 0.4) is 0 Å². The Labute approximate surface area is 171 Å². The highest BCUT2D eigenvalue weighted by Gasteiger charge is 2.42. The van der Waals surface area contributed by atoms with Gasteiger partial charge in [0.25, 0.3) is 0 Å². The van der Waals surface area contributed by atoms with Gasteiger partial charge in [-0.05, 0) is 36.8 Å². The summed E-state index contributed by atoms with van der Waals surface area (Å²) in [6.45, 7) is -1.14. The van der Waals surface area contributed by atoms with E-state index in [-0.39, 0.29) is 13.0 Å². The van der Waals surface area contributed by atoms with Crippen molar-refractivity contribution in [1.29, 1.82) is 5.26 Å². The predicted molar refractivity (Wildman–Crippen MR) is 99.7 cm³/mol. The summed E-state index contributed by atoms with van der Waals surface area (Å²) in [5.41, 5.74) is -3.34. The lowest BCUT2D eigenvalue weighted by molar-refractivity contribution is -0.137. The van der Waals surface area contributed by atoms with Crippen LogP contribution in [-0.4, -0.2) is 53.3 Å². The van der Waals surface area contributed by atoms with Crippen LogP contribution in [0.15, 0.2) is 53.4 Å². The second-order valence-corrected chi connectivity index (χ2v) is 8.53. The van der Waals surface area contributed by atoms with Gasteiger partial charge in [-0.2, -0.15) is 22.7 Å². The third kappa shape index (κ3) is 5.48. The van der Waals surface area contributed by atoms with Crippen molar-refractivity contribution in [1.82, 2.24) is 4.31 Å². The molecular formula is C19H19F3N2O5S. The average Bonchev–Trinajstić information content (AvgIpc) is 3.11. The summed E-state index contributed by atoms with van der Waals surface area (Å²) in [7, 11) is -4.25. The second-order valence-electron chi connectivity index (χ2n) is 6.63. The number of sulfonamides is 1. The van der Waals surface area contributed by atoms with Crippen molar-refractivity contribution < 1.29 is 36.9 Å². The highest BCUT2D eigenvalue weighted by atomic mass is 32.2. The minimum atomic E-state index is -4.70. The summed E-state index contributed by atoms with van der Waals surface area (Å²) in [5.74, 6) is 0.322. The molecule has 162 valence electrons. The Bertz CT molecular complexity index is 1020. The zero-order chi connectivity index (χ0) is 22.6. The molecule has 0 amide bonds. The molecule has 0 aromatic heterocycles. The van der Waals surface area contributed by atoms with Crippen LogP contribution in [0.4, 0.5) is 13.2 Å². The van der Waals surface area contributed by atoms with Gasteiger partial charge in [-0.1, -0.05) is 18.2 Å². The zero-order valence-electron chi connectivity index (χ0n) is 15.5. The first kappa shape index (κ1) is 23.6. The highest BCUT2D eigenvalue weighted by Crippen LogP contribution is 2.33. The van der Waals surface area contributed by atoms with Crippen molar-refractivity contribution in [2.75, 3.05) is 19.7 Å². The summed E-state index contributed by atoms with van der Waals surface area (Å²) < 4.78 is 63.8. The number of para-hydroxylation sites is 1. The third-order valence-corrected chi connectivity index (χ3v) is 6.30. The van der Waals surface area contributed by atoms with Crippen molar-refractivity contribution in [3.8, 4) is 11.8 Å². The largest absolute Gasteiger partial charge is 0.508 e. The third-order valence-electron chi connectivity index (χ3n) is 4.39. The Kier molecular flexibility index (Phi) is 7.10. The Balaban J connectivity index is 0.000000386. The van der Waals surface area contributed by atoms with Gasteiger partial charge in [0.15, 0.2) is 0 Å². The van der Waals surface area contributed by atoms with Crippen LogP contribution in [0.25, 0.3) is 0 Å². The quantitative estimate of drug-likeness (QED) is 0.667. The molecule has 1 fully saturated rings. The van der Waals surface area contributed by atoms with Crippen LogP contribution >= 0.6 is 0 Å². The lowest BCUT2D eigenvalue weighted by Gasteiger charge is -2.21. The molecule has 1 aliphatic rings. The molecule has 11 heteroatoms. The van der Waals surface area contributed by atoms with Crippen molar-refractivity contribution >= 4 is 10.0 Å². The number of benzene rings is 2. The number of nitrogens with zero attached hydrogens (tertiary/aromatic N) is 2. The maximum absolute atomic E-state index is 12.7. The first-order chi connectivity index (χ1) is 13.9. The zero-order valence-corrected chi connectivity index (χ0v) is 16.4. The number of nitriles is 1. The maximum Gasteiger partial charge on any atom is 0.416 e. The van der Waals surface area contributed by atoms with Crippen LogP contribution in [0.5, 0.6) is 5.75 Å². The predicted octanol–water partition coefficient (Wildman–Crippen LogP) is 2.09. The molecule has 2 aromatic carbocycles. The molecule has 30 heavy (non-hydrogen) atoms. The summed E-state index contributed by atoms with van der Waals surface area (Å²) in [6, 6.07) is 12.0. The molecule has 7 nitrogen and oxygen atoms in total. The van der Waals surface area contributed by atoms with Gasteiger partial charge in [-0.25, -0.2) is 8.42 Å². The standard InChI is InChI=1S/C13H13F3N2O4S.C6H6O/c14-13(15,16)10-1-2-11(9(5-10)6-17)23(21,22)18-4-3-12(20,7-18)8-19;7-6-4-2-1-3-5-6/h1-2,5,19-20H,3-4,7-8H2;1-5,7H. The van der Waals surface area contributed by atoms with Gasteiger partial charge >= 0.3 is 6.18 Å². The fourth-order valence-corrected chi connectivity index (χ4v) is 4.38. The number of aromatic hydroxyl groups is 1. The molecule has 0 bridgehead atoms. The number of β-amino-alcohol motifs (C(OH)–C–C–N with tert-alkyl or cyclic N) is 1. The molecule has 1 saturated heterocycles. The van der Waals surface area contributed by atoms with Gasteiger partial charge in [0.2, 0.25) is 10.0 Å². The van der Waals surface area contributed by atoms with E-state index in [4.69, 9.17) is 15.5 Å². The first-order valence-corrected chi connectivity index (χ1v) is 10.1. The molecule has 0 spiro atoms. The van der Waals surface area contributed by atoms with Crippen LogP contribution in [0.1, 0.15) is 17.5 Å². The van der Waals surface area contributed by atoms with Gasteiger partial charge in [0.1, 0.15) is 17.4 Å². The topological polar surface area (TPSA) is 122 Å². The summed E-state index contributed by atoms with van der Waals surface area (Å²) in [6.07, 6.45) is -4.70. The smallest absolute Gasteiger partial charge is 0.416 e. The molecule has 2 aromatic rings. The number of halogens is 3. The molecule has 1 atom stereocenters. The Morgan fingerprint density at radius 2 is 1.80 bits per heavy atom. The number of hydrogen-bond acceptors (Lipinski definition) is 6. The molecule has 3 N–H and O–H groups in total. The lowest BCUT2D eigenvalue weighted by atomic mass is 10.1. The van der Waals surface area contributed by atoms with Gasteiger partial charge in [-0.3, -0.25) is 0 Å². The SMILES string of the molecule is N#Cc1cc(C(F)(F)F)ccc1S(=O)(=O)N1CCC(O)(CO)C1.Oc1ccccc1. The number of phenols is 1. The maximum atomic E-state index is 12.7. The van der Waals surface area contributed by atoms with Crippen LogP contribution in [0, 0.1) is 11.3 Å². The minimum absolute atomic E-state index is 0.00868. The van der Waals surface area contributed by atoms with Gasteiger partial charge in [0.05, 0.1) is 22.6 Å². The minimum Gasteiger partial charge on any atom is -0.508 e. The van der Waals surface area contributed by atoms with Crippen molar-refractivity contribution in [3.05, 3.63) is 59.7 Å². The molecule has 0 radical (unpaired) electrons. The monoisotopic (exact) mass is 444 g/mol. The van der Waals surface area contributed by atoms with Crippen LogP contribution in [0.2, 0.25) is 0 Å². The number of rotatable bonds is 3. The van der Waals surface area contributed by atoms with E-state index < -0.39 is 51.0 Å². The fourth-order valence-electron chi connectivity index (χ4n) is 2.74. The van der Waals surface area contributed by atoms with Crippen LogP contribution in [-0.2, 0) is 16.2 Å². The molecule has 1 unspecified atom stereocenters. The Morgan fingerprint density at radius 1 is 1.17 bits per heavy atom. The van der Waals surface area contributed by atoms with E-state index in [1.165, 1.54) is 6.07 Å². The molecule has 0 saturated carbocycles. The van der Waals surface area contributed by atoms with Crippen molar-refractivity contribution in [3.63, 3.8) is 0 Å². The number of aliphatic hydroxyl groups excluding tert-OH is 1. The fraction of sp³-hybridized carbons (Fsp3) is 0.316. The normalized spacial score (nSPS) is 19.6. The van der Waals surface area contributed by atoms with E-state index >= 15 is 0 Å². The Morgan fingerprint density at radius 3 is 2.23 bits per heavy atom. The summed E-state index contributed by atoms with van der Waals surface area (Å²) >= 11 is 0. The van der Waals surface area contributed by atoms with E-state index in [0.29, 0.717) is 17.9 Å². The number of hydrogen-bond donors (Lipinski definition) is 3. The molecular weight excluding hydrogens is 425 g/mol. The van der Waals surface area contributed by atoms with E-state index in [1.807, 2.05) is 6.07 Å². The van der Waals surface area contributed by atoms with Gasteiger partial charge in [-0.15, -0.1) is 0 Å².